The number of esters is 1. The van der Waals surface area contributed by atoms with Crippen molar-refractivity contribution in [3.63, 3.8) is 0 Å². The molecule has 0 aromatic carbocycles. The molecule has 2 rings (SSSR count). The van der Waals surface area contributed by atoms with Gasteiger partial charge in [-0.1, -0.05) is 0 Å². The molecule has 0 atom stereocenters. The van der Waals surface area contributed by atoms with Crippen molar-refractivity contribution in [2.45, 2.75) is 37.6 Å². The van der Waals surface area contributed by atoms with Gasteiger partial charge in [0.1, 0.15) is 0 Å². The number of hydrogen-bond donors (Lipinski definition) is 0. The van der Waals surface area contributed by atoms with E-state index in [0.29, 0.717) is 12.1 Å². The van der Waals surface area contributed by atoms with Gasteiger partial charge in [-0.25, -0.2) is 0 Å². The van der Waals surface area contributed by atoms with Crippen LogP contribution in [0.4, 0.5) is 0 Å². The predicted octanol–water partition coefficient (Wildman–Crippen LogP) is 1.18. The fraction of sp³-hybridized carbons (Fsp3) is 0.900. The van der Waals surface area contributed by atoms with E-state index in [1.54, 1.807) is 0 Å². The van der Waals surface area contributed by atoms with Gasteiger partial charge >= 0.3 is 5.97 Å². The van der Waals surface area contributed by atoms with E-state index in [0.717, 1.165) is 6.54 Å². The largest absolute Gasteiger partial charge is 0.468 e. The SMILES string of the molecule is COC(=O)CN1CCCC12CCC2. The van der Waals surface area contributed by atoms with Crippen LogP contribution < -0.4 is 0 Å². The van der Waals surface area contributed by atoms with Crippen LogP contribution in [0.15, 0.2) is 0 Å². The third kappa shape index (κ3) is 1.46. The van der Waals surface area contributed by atoms with Crippen molar-refractivity contribution in [3.8, 4) is 0 Å². The van der Waals surface area contributed by atoms with Gasteiger partial charge in [0, 0.05) is 5.54 Å². The summed E-state index contributed by atoms with van der Waals surface area (Å²) in [6.45, 7) is 1.58. The molecule has 0 N–H and O–H groups in total. The molecule has 0 bridgehead atoms. The Labute approximate surface area is 79.0 Å². The number of likely N-dealkylation sites (tertiary alicyclic amines) is 1. The highest BCUT2D eigenvalue weighted by molar-refractivity contribution is 5.71. The van der Waals surface area contributed by atoms with Crippen LogP contribution in [0.3, 0.4) is 0 Å². The molecule has 13 heavy (non-hydrogen) atoms. The second-order valence-electron chi connectivity index (χ2n) is 4.18. The van der Waals surface area contributed by atoms with E-state index in [1.807, 2.05) is 0 Å². The lowest BCUT2D eigenvalue weighted by atomic mass is 9.75. The van der Waals surface area contributed by atoms with Gasteiger partial charge < -0.3 is 4.74 Å². The van der Waals surface area contributed by atoms with Gasteiger partial charge in [0.25, 0.3) is 0 Å². The number of carbonyl (C=O) groups is 1. The number of ether oxygens (including phenoxy) is 1. The Morgan fingerprint density at radius 1 is 1.38 bits per heavy atom. The van der Waals surface area contributed by atoms with Crippen molar-refractivity contribution in [1.29, 1.82) is 0 Å². The lowest BCUT2D eigenvalue weighted by molar-refractivity contribution is -0.144. The molecule has 2 aliphatic rings. The van der Waals surface area contributed by atoms with Crippen molar-refractivity contribution in [3.05, 3.63) is 0 Å². The van der Waals surface area contributed by atoms with Crippen molar-refractivity contribution < 1.29 is 9.53 Å². The highest BCUT2D eigenvalue weighted by atomic mass is 16.5. The van der Waals surface area contributed by atoms with E-state index in [2.05, 4.69) is 4.90 Å². The van der Waals surface area contributed by atoms with Gasteiger partial charge in [-0.15, -0.1) is 0 Å². The normalized spacial score (nSPS) is 25.9. The van der Waals surface area contributed by atoms with Crippen LogP contribution in [-0.2, 0) is 9.53 Å². The Morgan fingerprint density at radius 2 is 2.08 bits per heavy atom. The molecule has 3 heteroatoms. The van der Waals surface area contributed by atoms with Crippen molar-refractivity contribution in [2.75, 3.05) is 20.2 Å². The van der Waals surface area contributed by atoms with Gasteiger partial charge in [-0.05, 0) is 38.6 Å². The maximum atomic E-state index is 11.1. The fourth-order valence-electron chi connectivity index (χ4n) is 2.61. The average molecular weight is 183 g/mol. The summed E-state index contributed by atoms with van der Waals surface area (Å²) in [5.74, 6) is -0.0897. The molecule has 74 valence electrons. The summed E-state index contributed by atoms with van der Waals surface area (Å²) in [7, 11) is 1.46. The van der Waals surface area contributed by atoms with Crippen LogP contribution in [-0.4, -0.2) is 36.6 Å². The van der Waals surface area contributed by atoms with Crippen molar-refractivity contribution in [1.82, 2.24) is 4.90 Å². The summed E-state index contributed by atoms with van der Waals surface area (Å²) in [4.78, 5) is 13.5. The monoisotopic (exact) mass is 183 g/mol. The smallest absolute Gasteiger partial charge is 0.319 e. The minimum atomic E-state index is -0.0897. The molecular weight excluding hydrogens is 166 g/mol. The van der Waals surface area contributed by atoms with Gasteiger partial charge in [-0.2, -0.15) is 0 Å². The number of methoxy groups -OCH3 is 1. The molecule has 0 aromatic rings. The molecule has 2 fully saturated rings. The van der Waals surface area contributed by atoms with Crippen LogP contribution in [0.5, 0.6) is 0 Å². The number of rotatable bonds is 2. The second kappa shape index (κ2) is 3.29. The van der Waals surface area contributed by atoms with Gasteiger partial charge in [-0.3, -0.25) is 9.69 Å². The Morgan fingerprint density at radius 3 is 2.62 bits per heavy atom. The van der Waals surface area contributed by atoms with E-state index in [4.69, 9.17) is 4.74 Å². The average Bonchev–Trinajstić information content (AvgIpc) is 2.47. The first-order valence-corrected chi connectivity index (χ1v) is 5.09. The summed E-state index contributed by atoms with van der Waals surface area (Å²) in [6, 6.07) is 0. The lowest BCUT2D eigenvalue weighted by Crippen LogP contribution is -2.51. The van der Waals surface area contributed by atoms with Gasteiger partial charge in [0.2, 0.25) is 0 Å². The zero-order valence-corrected chi connectivity index (χ0v) is 8.21. The molecule has 1 saturated heterocycles. The number of hydrogen-bond acceptors (Lipinski definition) is 3. The minimum Gasteiger partial charge on any atom is -0.468 e. The molecule has 0 unspecified atom stereocenters. The van der Waals surface area contributed by atoms with Crippen molar-refractivity contribution >= 4 is 5.97 Å². The van der Waals surface area contributed by atoms with E-state index in [-0.39, 0.29) is 5.97 Å². The lowest BCUT2D eigenvalue weighted by Gasteiger charge is -2.45. The quantitative estimate of drug-likeness (QED) is 0.602. The Balaban J connectivity index is 1.94. The standard InChI is InChI=1S/C10H17NO2/c1-13-9(12)8-11-7-3-6-10(11)4-2-5-10/h2-8H2,1H3. The summed E-state index contributed by atoms with van der Waals surface area (Å²) >= 11 is 0. The molecule has 1 aliphatic heterocycles. The molecule has 0 amide bonds. The first kappa shape index (κ1) is 9.00. The highest BCUT2D eigenvalue weighted by Crippen LogP contribution is 2.45. The summed E-state index contributed by atoms with van der Waals surface area (Å²) < 4.78 is 4.69. The maximum absolute atomic E-state index is 11.1. The zero-order chi connectivity index (χ0) is 9.31. The van der Waals surface area contributed by atoms with E-state index in [9.17, 15) is 4.79 Å². The second-order valence-corrected chi connectivity index (χ2v) is 4.18. The molecule has 3 nitrogen and oxygen atoms in total. The number of nitrogens with zero attached hydrogens (tertiary/aromatic N) is 1. The molecular formula is C10H17NO2. The van der Waals surface area contributed by atoms with E-state index in [1.165, 1.54) is 39.2 Å². The summed E-state index contributed by atoms with van der Waals surface area (Å²) in [5, 5.41) is 0. The van der Waals surface area contributed by atoms with Gasteiger partial charge in [0.05, 0.1) is 13.7 Å². The molecule has 1 spiro atoms. The van der Waals surface area contributed by atoms with Crippen LogP contribution in [0.1, 0.15) is 32.1 Å². The summed E-state index contributed by atoms with van der Waals surface area (Å²) in [6.07, 6.45) is 6.42. The maximum Gasteiger partial charge on any atom is 0.319 e. The molecule has 1 heterocycles. The zero-order valence-electron chi connectivity index (χ0n) is 8.21. The first-order chi connectivity index (χ1) is 6.27. The number of carbonyl (C=O) groups excluding carboxylic acids is 1. The highest BCUT2D eigenvalue weighted by Gasteiger charge is 2.45. The Hall–Kier alpha value is -0.570. The van der Waals surface area contributed by atoms with E-state index < -0.39 is 0 Å². The van der Waals surface area contributed by atoms with Crippen molar-refractivity contribution in [2.24, 2.45) is 0 Å². The van der Waals surface area contributed by atoms with Crippen LogP contribution in [0.25, 0.3) is 0 Å². The van der Waals surface area contributed by atoms with Crippen LogP contribution in [0, 0.1) is 0 Å². The summed E-state index contributed by atoms with van der Waals surface area (Å²) in [5.41, 5.74) is 0.397. The predicted molar refractivity (Wildman–Crippen MR) is 49.4 cm³/mol. The Bertz CT molecular complexity index is 211. The molecule has 1 aliphatic carbocycles. The minimum absolute atomic E-state index is 0.0897. The van der Waals surface area contributed by atoms with Gasteiger partial charge in [0.15, 0.2) is 0 Å². The third-order valence-electron chi connectivity index (χ3n) is 3.57. The first-order valence-electron chi connectivity index (χ1n) is 5.09. The molecule has 0 aromatic heterocycles. The molecule has 0 radical (unpaired) electrons. The van der Waals surface area contributed by atoms with E-state index >= 15 is 0 Å². The fourth-order valence-corrected chi connectivity index (χ4v) is 2.61. The molecule has 1 saturated carbocycles. The topological polar surface area (TPSA) is 29.5 Å². The third-order valence-corrected chi connectivity index (χ3v) is 3.57. The van der Waals surface area contributed by atoms with Crippen LogP contribution >= 0.6 is 0 Å². The Kier molecular flexibility index (Phi) is 2.28. The van der Waals surface area contributed by atoms with Crippen LogP contribution in [0.2, 0.25) is 0 Å².